The number of hydrogen-bond donors (Lipinski definition) is 1. The first-order valence-electron chi connectivity index (χ1n) is 8.33. The number of carbonyl (C=O) groups is 1. The summed E-state index contributed by atoms with van der Waals surface area (Å²) in [6.45, 7) is 3.50. The van der Waals surface area contributed by atoms with E-state index in [9.17, 15) is 4.79 Å². The molecular weight excluding hydrogens is 266 g/mol. The van der Waals surface area contributed by atoms with Gasteiger partial charge in [0.2, 0.25) is 5.91 Å². The molecule has 0 aromatic rings. The van der Waals surface area contributed by atoms with Crippen molar-refractivity contribution in [1.82, 2.24) is 9.80 Å². The average Bonchev–Trinajstić information content (AvgIpc) is 3.02. The number of carbonyl (C=O) groups excluding carboxylic acids is 1. The zero-order chi connectivity index (χ0) is 15.3. The normalized spacial score (nSPS) is 22.7. The fraction of sp³-hybridized carbons (Fsp3) is 0.938. The minimum Gasteiger partial charge on any atom is -0.381 e. The van der Waals surface area contributed by atoms with Gasteiger partial charge in [0.15, 0.2) is 0 Å². The number of likely N-dealkylation sites (N-methyl/N-ethyl adjacent to an activating group) is 1. The zero-order valence-electron chi connectivity index (χ0n) is 13.6. The van der Waals surface area contributed by atoms with Gasteiger partial charge in [-0.05, 0) is 39.8 Å². The van der Waals surface area contributed by atoms with Crippen molar-refractivity contribution in [2.24, 2.45) is 11.1 Å². The standard InChI is InChI=1S/C16H31N3O2/c1-18(2)9-10-19(14-5-3-4-6-14)15(20)16(13-17)7-11-21-12-8-16/h14H,3-13,17H2,1-2H3. The van der Waals surface area contributed by atoms with E-state index < -0.39 is 0 Å². The van der Waals surface area contributed by atoms with Crippen LogP contribution in [0.1, 0.15) is 38.5 Å². The van der Waals surface area contributed by atoms with Gasteiger partial charge in [-0.3, -0.25) is 4.79 Å². The van der Waals surface area contributed by atoms with Gasteiger partial charge < -0.3 is 20.3 Å². The van der Waals surface area contributed by atoms with E-state index in [2.05, 4.69) is 23.9 Å². The van der Waals surface area contributed by atoms with Gasteiger partial charge in [0.25, 0.3) is 0 Å². The summed E-state index contributed by atoms with van der Waals surface area (Å²) in [5.41, 5.74) is 5.64. The first-order chi connectivity index (χ1) is 10.1. The topological polar surface area (TPSA) is 58.8 Å². The second-order valence-corrected chi connectivity index (χ2v) is 6.84. The lowest BCUT2D eigenvalue weighted by Gasteiger charge is -2.41. The highest BCUT2D eigenvalue weighted by molar-refractivity contribution is 5.83. The quantitative estimate of drug-likeness (QED) is 0.797. The molecule has 0 atom stereocenters. The van der Waals surface area contributed by atoms with Crippen LogP contribution in [0.25, 0.3) is 0 Å². The summed E-state index contributed by atoms with van der Waals surface area (Å²) in [6.07, 6.45) is 6.33. The van der Waals surface area contributed by atoms with Crippen LogP contribution >= 0.6 is 0 Å². The molecule has 1 aliphatic heterocycles. The van der Waals surface area contributed by atoms with Crippen LogP contribution in [0.2, 0.25) is 0 Å². The van der Waals surface area contributed by atoms with E-state index >= 15 is 0 Å². The molecule has 1 amide bonds. The van der Waals surface area contributed by atoms with Crippen molar-refractivity contribution >= 4 is 5.91 Å². The molecule has 2 fully saturated rings. The van der Waals surface area contributed by atoms with Crippen molar-refractivity contribution in [2.75, 3.05) is 46.9 Å². The maximum atomic E-state index is 13.2. The van der Waals surface area contributed by atoms with E-state index in [-0.39, 0.29) is 11.3 Å². The van der Waals surface area contributed by atoms with Crippen LogP contribution in [0.3, 0.4) is 0 Å². The molecule has 0 unspecified atom stereocenters. The predicted molar refractivity (Wildman–Crippen MR) is 84.1 cm³/mol. The molecule has 0 radical (unpaired) electrons. The van der Waals surface area contributed by atoms with Crippen LogP contribution in [-0.2, 0) is 9.53 Å². The summed E-state index contributed by atoms with van der Waals surface area (Å²) in [7, 11) is 4.12. The molecule has 0 spiro atoms. The number of nitrogens with two attached hydrogens (primary N) is 1. The van der Waals surface area contributed by atoms with Gasteiger partial charge in [-0.2, -0.15) is 0 Å². The third-order valence-corrected chi connectivity index (χ3v) is 5.11. The summed E-state index contributed by atoms with van der Waals surface area (Å²) >= 11 is 0. The molecule has 21 heavy (non-hydrogen) atoms. The van der Waals surface area contributed by atoms with Gasteiger partial charge in [-0.1, -0.05) is 12.8 Å². The highest BCUT2D eigenvalue weighted by Gasteiger charge is 2.43. The van der Waals surface area contributed by atoms with Gasteiger partial charge in [0, 0.05) is 38.9 Å². The molecule has 122 valence electrons. The number of hydrogen-bond acceptors (Lipinski definition) is 4. The monoisotopic (exact) mass is 297 g/mol. The van der Waals surface area contributed by atoms with Gasteiger partial charge in [-0.25, -0.2) is 0 Å². The molecule has 0 aromatic heterocycles. The average molecular weight is 297 g/mol. The Bertz CT molecular complexity index is 334. The molecule has 1 heterocycles. The third-order valence-electron chi connectivity index (χ3n) is 5.11. The van der Waals surface area contributed by atoms with E-state index in [1.54, 1.807) is 0 Å². The lowest BCUT2D eigenvalue weighted by Crippen LogP contribution is -2.54. The smallest absolute Gasteiger partial charge is 0.230 e. The van der Waals surface area contributed by atoms with Crippen LogP contribution in [-0.4, -0.2) is 68.7 Å². The Kier molecular flexibility index (Phi) is 6.02. The Labute approximate surface area is 128 Å². The fourth-order valence-electron chi connectivity index (χ4n) is 3.55. The van der Waals surface area contributed by atoms with Crippen LogP contribution in [0.15, 0.2) is 0 Å². The lowest BCUT2D eigenvalue weighted by atomic mass is 9.78. The minimum absolute atomic E-state index is 0.280. The molecule has 1 saturated heterocycles. The van der Waals surface area contributed by atoms with Crippen molar-refractivity contribution in [3.8, 4) is 0 Å². The molecule has 2 aliphatic rings. The molecule has 5 nitrogen and oxygen atoms in total. The van der Waals surface area contributed by atoms with Crippen molar-refractivity contribution in [2.45, 2.75) is 44.6 Å². The largest absolute Gasteiger partial charge is 0.381 e. The van der Waals surface area contributed by atoms with Gasteiger partial charge >= 0.3 is 0 Å². The first-order valence-corrected chi connectivity index (χ1v) is 8.33. The first kappa shape index (κ1) is 16.7. The SMILES string of the molecule is CN(C)CCN(C(=O)C1(CN)CCOCC1)C1CCCC1. The molecule has 0 aromatic carbocycles. The van der Waals surface area contributed by atoms with Crippen LogP contribution < -0.4 is 5.73 Å². The number of amides is 1. The maximum absolute atomic E-state index is 13.2. The summed E-state index contributed by atoms with van der Waals surface area (Å²) in [4.78, 5) is 17.5. The van der Waals surface area contributed by atoms with Crippen LogP contribution in [0.4, 0.5) is 0 Å². The van der Waals surface area contributed by atoms with Gasteiger partial charge in [0.05, 0.1) is 5.41 Å². The Morgan fingerprint density at radius 2 is 1.81 bits per heavy atom. The summed E-state index contributed by atoms with van der Waals surface area (Å²) in [5, 5.41) is 0. The predicted octanol–water partition coefficient (Wildman–Crippen LogP) is 1.07. The van der Waals surface area contributed by atoms with Gasteiger partial charge in [-0.15, -0.1) is 0 Å². The number of rotatable bonds is 6. The Morgan fingerprint density at radius 3 is 2.33 bits per heavy atom. The Balaban J connectivity index is 2.11. The highest BCUT2D eigenvalue weighted by atomic mass is 16.5. The third kappa shape index (κ3) is 3.96. The highest BCUT2D eigenvalue weighted by Crippen LogP contribution is 2.34. The van der Waals surface area contributed by atoms with Crippen molar-refractivity contribution in [3.05, 3.63) is 0 Å². The second-order valence-electron chi connectivity index (χ2n) is 6.84. The molecule has 1 saturated carbocycles. The van der Waals surface area contributed by atoms with Crippen LogP contribution in [0.5, 0.6) is 0 Å². The maximum Gasteiger partial charge on any atom is 0.230 e. The van der Waals surface area contributed by atoms with E-state index in [4.69, 9.17) is 10.5 Å². The molecule has 5 heteroatoms. The van der Waals surface area contributed by atoms with E-state index in [1.807, 2.05) is 0 Å². The number of nitrogens with zero attached hydrogens (tertiary/aromatic N) is 2. The van der Waals surface area contributed by atoms with E-state index in [0.717, 1.165) is 38.8 Å². The van der Waals surface area contributed by atoms with E-state index in [1.165, 1.54) is 12.8 Å². The summed E-state index contributed by atoms with van der Waals surface area (Å²) in [5.74, 6) is 0.280. The molecular formula is C16H31N3O2. The number of ether oxygens (including phenoxy) is 1. The van der Waals surface area contributed by atoms with Crippen molar-refractivity contribution in [3.63, 3.8) is 0 Å². The van der Waals surface area contributed by atoms with Crippen molar-refractivity contribution in [1.29, 1.82) is 0 Å². The molecule has 2 rings (SSSR count). The van der Waals surface area contributed by atoms with Gasteiger partial charge in [0.1, 0.15) is 0 Å². The Hall–Kier alpha value is -0.650. The van der Waals surface area contributed by atoms with Crippen molar-refractivity contribution < 1.29 is 9.53 Å². The zero-order valence-corrected chi connectivity index (χ0v) is 13.6. The summed E-state index contributed by atoms with van der Waals surface area (Å²) in [6, 6.07) is 0.420. The Morgan fingerprint density at radius 1 is 1.19 bits per heavy atom. The minimum atomic E-state index is -0.382. The molecule has 0 bridgehead atoms. The lowest BCUT2D eigenvalue weighted by molar-refractivity contribution is -0.149. The molecule has 1 aliphatic carbocycles. The van der Waals surface area contributed by atoms with E-state index in [0.29, 0.717) is 25.8 Å². The summed E-state index contributed by atoms with van der Waals surface area (Å²) < 4.78 is 5.45. The second kappa shape index (κ2) is 7.56. The molecule has 2 N–H and O–H groups in total. The van der Waals surface area contributed by atoms with Crippen LogP contribution in [0, 0.1) is 5.41 Å². The fourth-order valence-corrected chi connectivity index (χ4v) is 3.55.